The van der Waals surface area contributed by atoms with Crippen molar-refractivity contribution >= 4 is 0 Å². The monoisotopic (exact) mass is 340 g/mol. The van der Waals surface area contributed by atoms with Crippen LogP contribution < -0.4 is 0 Å². The Bertz CT molecular complexity index is 647. The number of allylic oxidation sites excluding steroid dienone is 1. The van der Waals surface area contributed by atoms with Crippen LogP contribution in [0.15, 0.2) is 55.4 Å². The van der Waals surface area contributed by atoms with Gasteiger partial charge in [-0.1, -0.05) is 24.3 Å². The normalized spacial score (nSPS) is 17.5. The highest BCUT2D eigenvalue weighted by molar-refractivity contribution is 5.30. The van der Waals surface area contributed by atoms with Crippen LogP contribution in [0.4, 0.5) is 0 Å². The van der Waals surface area contributed by atoms with E-state index in [0.29, 0.717) is 0 Å². The van der Waals surface area contributed by atoms with Crippen LogP contribution in [-0.2, 0) is 6.54 Å². The fourth-order valence-electron chi connectivity index (χ4n) is 3.25. The minimum atomic E-state index is -0.242. The van der Waals surface area contributed by atoms with E-state index in [1.54, 1.807) is 0 Å². The van der Waals surface area contributed by atoms with Gasteiger partial charge in [0.25, 0.3) is 0 Å². The average molecular weight is 340 g/mol. The van der Waals surface area contributed by atoms with Gasteiger partial charge >= 0.3 is 0 Å². The molecular formula is C20H28N4O. The molecule has 2 heterocycles. The third-order valence-electron chi connectivity index (χ3n) is 4.70. The maximum Gasteiger partial charge on any atom is 0.0670 e. The molecule has 0 aliphatic carbocycles. The SMILES string of the molecule is C=CCCC(O)CN1CCN(Cc2cnn(-c3ccccc3)c2)CC1. The molecule has 134 valence electrons. The van der Waals surface area contributed by atoms with Gasteiger partial charge in [0.15, 0.2) is 0 Å². The number of piperazine rings is 1. The predicted octanol–water partition coefficient (Wildman–Crippen LogP) is 2.32. The molecule has 0 spiro atoms. The zero-order valence-electron chi connectivity index (χ0n) is 14.8. The van der Waals surface area contributed by atoms with Gasteiger partial charge in [-0.25, -0.2) is 4.68 Å². The minimum Gasteiger partial charge on any atom is -0.392 e. The van der Waals surface area contributed by atoms with E-state index >= 15 is 0 Å². The van der Waals surface area contributed by atoms with Gasteiger partial charge in [-0.3, -0.25) is 9.80 Å². The van der Waals surface area contributed by atoms with Crippen molar-refractivity contribution in [3.63, 3.8) is 0 Å². The van der Waals surface area contributed by atoms with Gasteiger partial charge in [0.1, 0.15) is 0 Å². The van der Waals surface area contributed by atoms with Crippen LogP contribution in [0.25, 0.3) is 5.69 Å². The lowest BCUT2D eigenvalue weighted by molar-refractivity contribution is 0.0669. The van der Waals surface area contributed by atoms with E-state index in [-0.39, 0.29) is 6.10 Å². The maximum atomic E-state index is 10.0. The van der Waals surface area contributed by atoms with Crippen LogP contribution in [-0.4, -0.2) is 63.5 Å². The van der Waals surface area contributed by atoms with Gasteiger partial charge in [-0.05, 0) is 25.0 Å². The molecule has 1 atom stereocenters. The second kappa shape index (κ2) is 8.94. The molecule has 1 saturated heterocycles. The highest BCUT2D eigenvalue weighted by atomic mass is 16.3. The number of benzene rings is 1. The summed E-state index contributed by atoms with van der Waals surface area (Å²) in [5.74, 6) is 0. The lowest BCUT2D eigenvalue weighted by Gasteiger charge is -2.35. The molecule has 25 heavy (non-hydrogen) atoms. The first-order valence-corrected chi connectivity index (χ1v) is 9.07. The molecule has 0 radical (unpaired) electrons. The summed E-state index contributed by atoms with van der Waals surface area (Å²) < 4.78 is 1.93. The maximum absolute atomic E-state index is 10.0. The summed E-state index contributed by atoms with van der Waals surface area (Å²) in [5, 5.41) is 14.5. The van der Waals surface area contributed by atoms with Gasteiger partial charge in [0, 0.05) is 51.0 Å². The number of nitrogens with zero attached hydrogens (tertiary/aromatic N) is 4. The highest BCUT2D eigenvalue weighted by Gasteiger charge is 2.19. The molecular weight excluding hydrogens is 312 g/mol. The Morgan fingerprint density at radius 3 is 2.56 bits per heavy atom. The van der Waals surface area contributed by atoms with E-state index in [1.165, 1.54) is 5.56 Å². The molecule has 5 heteroatoms. The zero-order chi connectivity index (χ0) is 17.5. The number of aromatic nitrogens is 2. The topological polar surface area (TPSA) is 44.5 Å². The Balaban J connectivity index is 1.45. The fourth-order valence-corrected chi connectivity index (χ4v) is 3.25. The van der Waals surface area contributed by atoms with Crippen molar-refractivity contribution in [1.29, 1.82) is 0 Å². The molecule has 1 aliphatic heterocycles. The molecule has 1 aromatic heterocycles. The Labute approximate surface area is 150 Å². The Kier molecular flexibility index (Phi) is 6.39. The first-order valence-electron chi connectivity index (χ1n) is 9.07. The van der Waals surface area contributed by atoms with Gasteiger partial charge in [0.2, 0.25) is 0 Å². The number of hydrogen-bond acceptors (Lipinski definition) is 4. The molecule has 0 amide bonds. The van der Waals surface area contributed by atoms with Crippen LogP contribution in [0.3, 0.4) is 0 Å². The molecule has 1 fully saturated rings. The first kappa shape index (κ1) is 17.9. The third-order valence-corrected chi connectivity index (χ3v) is 4.70. The first-order chi connectivity index (χ1) is 12.2. The fraction of sp³-hybridized carbons (Fsp3) is 0.450. The molecule has 1 unspecified atom stereocenters. The van der Waals surface area contributed by atoms with Crippen LogP contribution in [0.2, 0.25) is 0 Å². The summed E-state index contributed by atoms with van der Waals surface area (Å²) in [6.07, 6.45) is 7.39. The van der Waals surface area contributed by atoms with Crippen LogP contribution in [0.1, 0.15) is 18.4 Å². The second-order valence-corrected chi connectivity index (χ2v) is 6.73. The number of β-amino-alcohol motifs (C(OH)–C–C–N with tert-alkyl or cyclic N) is 1. The lowest BCUT2D eigenvalue weighted by Crippen LogP contribution is -2.48. The summed E-state index contributed by atoms with van der Waals surface area (Å²) in [7, 11) is 0. The Morgan fingerprint density at radius 1 is 1.12 bits per heavy atom. The quantitative estimate of drug-likeness (QED) is 0.749. The molecule has 2 aromatic rings. The number of rotatable bonds is 8. The van der Waals surface area contributed by atoms with E-state index in [9.17, 15) is 5.11 Å². The molecule has 1 aromatic carbocycles. The minimum absolute atomic E-state index is 0.242. The van der Waals surface area contributed by atoms with Crippen molar-refractivity contribution in [2.24, 2.45) is 0 Å². The molecule has 3 rings (SSSR count). The lowest BCUT2D eigenvalue weighted by atomic mass is 10.1. The van der Waals surface area contributed by atoms with Crippen LogP contribution >= 0.6 is 0 Å². The molecule has 0 bridgehead atoms. The summed E-state index contributed by atoms with van der Waals surface area (Å²) in [6, 6.07) is 10.2. The van der Waals surface area contributed by atoms with Crippen molar-refractivity contribution < 1.29 is 5.11 Å². The van der Waals surface area contributed by atoms with E-state index in [1.807, 2.05) is 35.2 Å². The van der Waals surface area contributed by atoms with Gasteiger partial charge < -0.3 is 5.11 Å². The van der Waals surface area contributed by atoms with Gasteiger partial charge in [-0.2, -0.15) is 5.10 Å². The van der Waals surface area contributed by atoms with E-state index in [4.69, 9.17) is 0 Å². The van der Waals surface area contributed by atoms with Crippen molar-refractivity contribution in [3.05, 3.63) is 60.9 Å². The average Bonchev–Trinajstić information content (AvgIpc) is 3.11. The molecule has 1 N–H and O–H groups in total. The zero-order valence-corrected chi connectivity index (χ0v) is 14.8. The van der Waals surface area contributed by atoms with Crippen molar-refractivity contribution in [3.8, 4) is 5.69 Å². The summed E-state index contributed by atoms with van der Waals surface area (Å²) in [4.78, 5) is 4.82. The number of hydrogen-bond donors (Lipinski definition) is 1. The van der Waals surface area contributed by atoms with Crippen LogP contribution in [0, 0.1) is 0 Å². The smallest absolute Gasteiger partial charge is 0.0670 e. The van der Waals surface area contributed by atoms with Gasteiger partial charge in [-0.15, -0.1) is 6.58 Å². The number of para-hydroxylation sites is 1. The molecule has 1 aliphatic rings. The number of aliphatic hydroxyl groups excluding tert-OH is 1. The van der Waals surface area contributed by atoms with Crippen molar-refractivity contribution in [2.75, 3.05) is 32.7 Å². The van der Waals surface area contributed by atoms with E-state index in [2.05, 4.69) is 39.8 Å². The number of aliphatic hydroxyl groups is 1. The third kappa shape index (κ3) is 5.26. The van der Waals surface area contributed by atoms with Crippen molar-refractivity contribution in [1.82, 2.24) is 19.6 Å². The van der Waals surface area contributed by atoms with Crippen molar-refractivity contribution in [2.45, 2.75) is 25.5 Å². The standard InChI is InChI=1S/C20H28N4O/c1-2-3-9-20(25)17-23-12-10-22(11-13-23)15-18-14-21-24(16-18)19-7-5-4-6-8-19/h2,4-8,14,16,20,25H,1,3,9-13,15,17H2. The Morgan fingerprint density at radius 2 is 1.84 bits per heavy atom. The van der Waals surface area contributed by atoms with E-state index in [0.717, 1.165) is 57.8 Å². The summed E-state index contributed by atoms with van der Waals surface area (Å²) in [6.45, 7) is 9.50. The summed E-state index contributed by atoms with van der Waals surface area (Å²) >= 11 is 0. The largest absolute Gasteiger partial charge is 0.392 e. The molecule has 5 nitrogen and oxygen atoms in total. The summed E-state index contributed by atoms with van der Waals surface area (Å²) in [5.41, 5.74) is 2.33. The highest BCUT2D eigenvalue weighted by Crippen LogP contribution is 2.12. The van der Waals surface area contributed by atoms with Gasteiger partial charge in [0.05, 0.1) is 18.0 Å². The Hall–Kier alpha value is -1.95. The second-order valence-electron chi connectivity index (χ2n) is 6.73. The van der Waals surface area contributed by atoms with E-state index < -0.39 is 0 Å². The predicted molar refractivity (Wildman–Crippen MR) is 101 cm³/mol. The molecule has 0 saturated carbocycles. The van der Waals surface area contributed by atoms with Crippen LogP contribution in [0.5, 0.6) is 0 Å².